The maximum Gasteiger partial charge on any atom is 0.240 e. The molecule has 86 valence electrons. The van der Waals surface area contributed by atoms with Gasteiger partial charge in [0.15, 0.2) is 0 Å². The first-order valence-electron chi connectivity index (χ1n) is 4.63. The summed E-state index contributed by atoms with van der Waals surface area (Å²) < 4.78 is 5.05. The lowest BCUT2D eigenvalue weighted by Crippen LogP contribution is -1.91. The van der Waals surface area contributed by atoms with E-state index in [1.165, 1.54) is 18.0 Å². The number of hydrogen-bond acceptors (Lipinski definition) is 7. The summed E-state index contributed by atoms with van der Waals surface area (Å²) in [5, 5.41) is 19.3. The first-order valence-corrected chi connectivity index (χ1v) is 5.62. The SMILES string of the molecule is N#CCSc1n[nH]c(N/N=C\c2ccco2)n1. The Morgan fingerprint density at radius 2 is 2.65 bits per heavy atom. The molecule has 2 aromatic heterocycles. The van der Waals surface area contributed by atoms with Gasteiger partial charge in [0.05, 0.1) is 24.3 Å². The fourth-order valence-electron chi connectivity index (χ4n) is 0.980. The number of rotatable bonds is 5. The van der Waals surface area contributed by atoms with Crippen molar-refractivity contribution in [1.29, 1.82) is 5.26 Å². The molecule has 0 spiro atoms. The molecule has 0 aliphatic heterocycles. The summed E-state index contributed by atoms with van der Waals surface area (Å²) in [6.07, 6.45) is 3.08. The Bertz CT molecular complexity index is 526. The highest BCUT2D eigenvalue weighted by Crippen LogP contribution is 2.12. The zero-order valence-electron chi connectivity index (χ0n) is 8.62. The number of aromatic amines is 1. The molecular formula is C9H8N6OS. The third kappa shape index (κ3) is 3.35. The van der Waals surface area contributed by atoms with Gasteiger partial charge in [-0.05, 0) is 12.1 Å². The molecule has 2 N–H and O–H groups in total. The van der Waals surface area contributed by atoms with Crippen LogP contribution in [0, 0.1) is 11.3 Å². The highest BCUT2D eigenvalue weighted by molar-refractivity contribution is 7.99. The van der Waals surface area contributed by atoms with Crippen molar-refractivity contribution >= 4 is 23.9 Å². The van der Waals surface area contributed by atoms with E-state index in [2.05, 4.69) is 25.7 Å². The minimum Gasteiger partial charge on any atom is -0.463 e. The first kappa shape index (κ1) is 11.2. The van der Waals surface area contributed by atoms with Crippen LogP contribution in [0.1, 0.15) is 5.76 Å². The Balaban J connectivity index is 1.87. The third-order valence-corrected chi connectivity index (χ3v) is 2.35. The molecular weight excluding hydrogens is 240 g/mol. The molecule has 0 amide bonds. The Labute approximate surface area is 101 Å². The summed E-state index contributed by atoms with van der Waals surface area (Å²) in [6.45, 7) is 0. The smallest absolute Gasteiger partial charge is 0.240 e. The van der Waals surface area contributed by atoms with Crippen molar-refractivity contribution in [3.05, 3.63) is 24.2 Å². The Morgan fingerprint density at radius 3 is 3.41 bits per heavy atom. The molecule has 0 aromatic carbocycles. The van der Waals surface area contributed by atoms with Crippen LogP contribution >= 0.6 is 11.8 Å². The van der Waals surface area contributed by atoms with E-state index in [0.717, 1.165) is 0 Å². The van der Waals surface area contributed by atoms with Crippen molar-refractivity contribution in [3.8, 4) is 6.07 Å². The lowest BCUT2D eigenvalue weighted by molar-refractivity contribution is 0.560. The highest BCUT2D eigenvalue weighted by Gasteiger charge is 2.01. The number of nitriles is 1. The van der Waals surface area contributed by atoms with E-state index in [1.807, 2.05) is 6.07 Å². The van der Waals surface area contributed by atoms with Gasteiger partial charge in [0.25, 0.3) is 0 Å². The predicted octanol–water partition coefficient (Wildman–Crippen LogP) is 1.46. The average molecular weight is 248 g/mol. The summed E-state index contributed by atoms with van der Waals surface area (Å²) in [7, 11) is 0. The van der Waals surface area contributed by atoms with Crippen LogP contribution in [0.15, 0.2) is 33.1 Å². The molecule has 0 unspecified atom stereocenters. The van der Waals surface area contributed by atoms with E-state index in [9.17, 15) is 0 Å². The average Bonchev–Trinajstić information content (AvgIpc) is 2.98. The van der Waals surface area contributed by atoms with E-state index in [-0.39, 0.29) is 0 Å². The van der Waals surface area contributed by atoms with Crippen LogP contribution in [0.25, 0.3) is 0 Å². The number of thioether (sulfide) groups is 1. The zero-order valence-corrected chi connectivity index (χ0v) is 9.44. The number of furan rings is 1. The van der Waals surface area contributed by atoms with Crippen molar-refractivity contribution in [2.24, 2.45) is 5.10 Å². The summed E-state index contributed by atoms with van der Waals surface area (Å²) in [5.74, 6) is 1.36. The van der Waals surface area contributed by atoms with E-state index in [1.54, 1.807) is 18.4 Å². The molecule has 0 aliphatic rings. The molecule has 0 atom stereocenters. The van der Waals surface area contributed by atoms with E-state index in [4.69, 9.17) is 9.68 Å². The number of anilines is 1. The van der Waals surface area contributed by atoms with Crippen LogP contribution in [0.4, 0.5) is 5.95 Å². The van der Waals surface area contributed by atoms with Gasteiger partial charge >= 0.3 is 0 Å². The second-order valence-corrected chi connectivity index (χ2v) is 3.74. The zero-order chi connectivity index (χ0) is 11.9. The van der Waals surface area contributed by atoms with Crippen LogP contribution in [0.3, 0.4) is 0 Å². The topological polar surface area (TPSA) is 103 Å². The van der Waals surface area contributed by atoms with Crippen molar-refractivity contribution in [1.82, 2.24) is 15.2 Å². The second-order valence-electron chi connectivity index (χ2n) is 2.80. The number of hydrogen-bond donors (Lipinski definition) is 2. The van der Waals surface area contributed by atoms with Crippen LogP contribution in [-0.4, -0.2) is 27.1 Å². The third-order valence-electron chi connectivity index (χ3n) is 1.64. The standard InChI is InChI=1S/C9H8N6OS/c10-3-5-17-9-12-8(14-15-9)13-11-6-7-2-1-4-16-7/h1-2,4,6H,5H2,(H2,12,13,14,15)/b11-6-. The number of aromatic nitrogens is 3. The molecule has 0 saturated heterocycles. The largest absolute Gasteiger partial charge is 0.463 e. The van der Waals surface area contributed by atoms with Crippen LogP contribution in [0.5, 0.6) is 0 Å². The lowest BCUT2D eigenvalue weighted by Gasteiger charge is -1.90. The lowest BCUT2D eigenvalue weighted by atomic mass is 10.5. The molecule has 7 nitrogen and oxygen atoms in total. The van der Waals surface area contributed by atoms with Gasteiger partial charge in [0.1, 0.15) is 5.76 Å². The molecule has 2 rings (SSSR count). The van der Waals surface area contributed by atoms with Gasteiger partial charge in [-0.25, -0.2) is 10.5 Å². The van der Waals surface area contributed by atoms with Gasteiger partial charge in [-0.1, -0.05) is 11.8 Å². The van der Waals surface area contributed by atoms with E-state index < -0.39 is 0 Å². The van der Waals surface area contributed by atoms with Crippen LogP contribution in [0.2, 0.25) is 0 Å². The molecule has 0 bridgehead atoms. The summed E-state index contributed by atoms with van der Waals surface area (Å²) in [4.78, 5) is 4.06. The number of H-pyrrole nitrogens is 1. The van der Waals surface area contributed by atoms with Crippen molar-refractivity contribution in [2.45, 2.75) is 5.16 Å². The number of hydrazone groups is 1. The van der Waals surface area contributed by atoms with Gasteiger partial charge < -0.3 is 4.42 Å². The van der Waals surface area contributed by atoms with Gasteiger partial charge in [0.2, 0.25) is 11.1 Å². The van der Waals surface area contributed by atoms with E-state index in [0.29, 0.717) is 22.6 Å². The minimum absolute atomic E-state index is 0.312. The Kier molecular flexibility index (Phi) is 3.77. The first-order chi connectivity index (χ1) is 8.38. The number of nitrogens with one attached hydrogen (secondary N) is 2. The molecule has 8 heteroatoms. The molecule has 0 radical (unpaired) electrons. The summed E-state index contributed by atoms with van der Waals surface area (Å²) >= 11 is 1.25. The summed E-state index contributed by atoms with van der Waals surface area (Å²) in [6, 6.07) is 5.54. The molecule has 0 aliphatic carbocycles. The van der Waals surface area contributed by atoms with Gasteiger partial charge in [-0.3, -0.25) is 0 Å². The second kappa shape index (κ2) is 5.72. The van der Waals surface area contributed by atoms with Crippen molar-refractivity contribution < 1.29 is 4.42 Å². The maximum absolute atomic E-state index is 8.40. The Hall–Kier alpha value is -2.27. The monoisotopic (exact) mass is 248 g/mol. The number of nitrogens with zero attached hydrogens (tertiary/aromatic N) is 4. The molecule has 17 heavy (non-hydrogen) atoms. The normalized spacial score (nSPS) is 10.5. The van der Waals surface area contributed by atoms with Gasteiger partial charge in [-0.15, -0.1) is 5.10 Å². The van der Waals surface area contributed by atoms with Crippen LogP contribution in [-0.2, 0) is 0 Å². The van der Waals surface area contributed by atoms with E-state index >= 15 is 0 Å². The quantitative estimate of drug-likeness (QED) is 0.471. The Morgan fingerprint density at radius 1 is 1.71 bits per heavy atom. The summed E-state index contributed by atoms with van der Waals surface area (Å²) in [5.41, 5.74) is 2.66. The molecule has 0 saturated carbocycles. The maximum atomic E-state index is 8.40. The minimum atomic E-state index is 0.312. The predicted molar refractivity (Wildman–Crippen MR) is 62.6 cm³/mol. The van der Waals surface area contributed by atoms with Crippen molar-refractivity contribution in [3.63, 3.8) is 0 Å². The van der Waals surface area contributed by atoms with Crippen LogP contribution < -0.4 is 5.43 Å². The fourth-order valence-corrected chi connectivity index (χ4v) is 1.44. The fraction of sp³-hybridized carbons (Fsp3) is 0.111. The van der Waals surface area contributed by atoms with Crippen molar-refractivity contribution in [2.75, 3.05) is 11.2 Å². The van der Waals surface area contributed by atoms with Gasteiger partial charge in [-0.2, -0.15) is 15.3 Å². The highest BCUT2D eigenvalue weighted by atomic mass is 32.2. The van der Waals surface area contributed by atoms with Gasteiger partial charge in [0, 0.05) is 0 Å². The molecule has 0 fully saturated rings. The molecule has 2 aromatic rings. The molecule has 2 heterocycles.